The maximum atomic E-state index is 12.1. The van der Waals surface area contributed by atoms with Crippen molar-refractivity contribution < 1.29 is 28.5 Å². The van der Waals surface area contributed by atoms with Gasteiger partial charge in [-0.3, -0.25) is 0 Å². The number of carbonyl (C=O) groups is 2. The molecule has 6 nitrogen and oxygen atoms in total. The normalized spacial score (nSPS) is 15.5. The molecule has 2 aromatic carbocycles. The van der Waals surface area contributed by atoms with Crippen LogP contribution in [-0.4, -0.2) is 31.8 Å². The third kappa shape index (κ3) is 3.48. The maximum absolute atomic E-state index is 12.1. The molecule has 0 N–H and O–H groups in total. The lowest BCUT2D eigenvalue weighted by atomic mass is 10.1. The van der Waals surface area contributed by atoms with Gasteiger partial charge in [-0.15, -0.1) is 0 Å². The quantitative estimate of drug-likeness (QED) is 0.803. The summed E-state index contributed by atoms with van der Waals surface area (Å²) in [5.41, 5.74) is 1.20. The molecule has 1 atom stereocenters. The second-order valence-electron chi connectivity index (χ2n) is 5.16. The molecule has 1 unspecified atom stereocenters. The molecule has 2 aromatic rings. The van der Waals surface area contributed by atoms with Gasteiger partial charge in [0, 0.05) is 0 Å². The zero-order valence-corrected chi connectivity index (χ0v) is 13.1. The van der Waals surface area contributed by atoms with Crippen LogP contribution in [0.1, 0.15) is 15.9 Å². The number of rotatable bonds is 4. The Hall–Kier alpha value is -3.02. The summed E-state index contributed by atoms with van der Waals surface area (Å²) in [6, 6.07) is 13.8. The lowest BCUT2D eigenvalue weighted by molar-refractivity contribution is -0.155. The largest absolute Gasteiger partial charge is 0.485 e. The van der Waals surface area contributed by atoms with E-state index in [4.69, 9.17) is 14.2 Å². The molecule has 0 aliphatic carbocycles. The van der Waals surface area contributed by atoms with E-state index in [0.29, 0.717) is 17.1 Å². The van der Waals surface area contributed by atoms with Gasteiger partial charge in [0.1, 0.15) is 13.2 Å². The van der Waals surface area contributed by atoms with Crippen molar-refractivity contribution >= 4 is 11.9 Å². The van der Waals surface area contributed by atoms with Crippen molar-refractivity contribution in [1.82, 2.24) is 0 Å². The van der Waals surface area contributed by atoms with Crippen LogP contribution in [0, 0.1) is 0 Å². The number of carbonyl (C=O) groups excluding carboxylic acids is 2. The standard InChI is InChI=1S/C18H16O6/c1-21-17(19)13-8-6-12(7-9-13)10-23-18(20)16-11-22-14-4-2-3-5-15(14)24-16/h2-9,16H,10-11H2,1H3. The zero-order chi connectivity index (χ0) is 16.9. The monoisotopic (exact) mass is 328 g/mol. The van der Waals surface area contributed by atoms with Gasteiger partial charge >= 0.3 is 11.9 Å². The molecule has 3 rings (SSSR count). The highest BCUT2D eigenvalue weighted by Gasteiger charge is 2.28. The average molecular weight is 328 g/mol. The first-order valence-electron chi connectivity index (χ1n) is 7.40. The summed E-state index contributed by atoms with van der Waals surface area (Å²) < 4.78 is 20.9. The summed E-state index contributed by atoms with van der Waals surface area (Å²) in [6.07, 6.45) is -0.797. The summed E-state index contributed by atoms with van der Waals surface area (Å²) in [4.78, 5) is 23.5. The fourth-order valence-corrected chi connectivity index (χ4v) is 2.24. The molecule has 1 aliphatic rings. The van der Waals surface area contributed by atoms with Crippen LogP contribution in [0.15, 0.2) is 48.5 Å². The minimum absolute atomic E-state index is 0.0851. The number of esters is 2. The number of benzene rings is 2. The Labute approximate surface area is 138 Å². The van der Waals surface area contributed by atoms with E-state index in [0.717, 1.165) is 5.56 Å². The van der Waals surface area contributed by atoms with Crippen molar-refractivity contribution in [2.75, 3.05) is 13.7 Å². The Morgan fingerprint density at radius 2 is 1.79 bits per heavy atom. The van der Waals surface area contributed by atoms with Crippen LogP contribution in [0.25, 0.3) is 0 Å². The number of methoxy groups -OCH3 is 1. The van der Waals surface area contributed by atoms with Crippen LogP contribution in [0.2, 0.25) is 0 Å². The van der Waals surface area contributed by atoms with E-state index >= 15 is 0 Å². The van der Waals surface area contributed by atoms with E-state index < -0.39 is 18.0 Å². The first kappa shape index (κ1) is 15.9. The fraction of sp³-hybridized carbons (Fsp3) is 0.222. The molecule has 0 spiro atoms. The molecule has 124 valence electrons. The molecule has 1 heterocycles. The van der Waals surface area contributed by atoms with E-state index in [1.54, 1.807) is 42.5 Å². The van der Waals surface area contributed by atoms with Crippen molar-refractivity contribution in [3.63, 3.8) is 0 Å². The first-order valence-corrected chi connectivity index (χ1v) is 7.40. The Morgan fingerprint density at radius 1 is 1.08 bits per heavy atom. The highest BCUT2D eigenvalue weighted by Crippen LogP contribution is 2.31. The maximum Gasteiger partial charge on any atom is 0.351 e. The third-order valence-corrected chi connectivity index (χ3v) is 3.53. The molecule has 0 aromatic heterocycles. The van der Waals surface area contributed by atoms with Crippen molar-refractivity contribution in [2.45, 2.75) is 12.7 Å². The summed E-state index contributed by atoms with van der Waals surface area (Å²) in [7, 11) is 1.32. The van der Waals surface area contributed by atoms with Crippen LogP contribution in [0.5, 0.6) is 11.5 Å². The smallest absolute Gasteiger partial charge is 0.351 e. The number of hydrogen-bond donors (Lipinski definition) is 0. The second kappa shape index (κ2) is 7.04. The van der Waals surface area contributed by atoms with Gasteiger partial charge in [-0.2, -0.15) is 0 Å². The van der Waals surface area contributed by atoms with Crippen molar-refractivity contribution in [1.29, 1.82) is 0 Å². The fourth-order valence-electron chi connectivity index (χ4n) is 2.24. The molecule has 0 bridgehead atoms. The first-order chi connectivity index (χ1) is 11.7. The van der Waals surface area contributed by atoms with Crippen LogP contribution in [0.4, 0.5) is 0 Å². The molecule has 0 fully saturated rings. The topological polar surface area (TPSA) is 71.1 Å². The predicted octanol–water partition coefficient (Wildman–Crippen LogP) is 2.36. The van der Waals surface area contributed by atoms with Crippen molar-refractivity contribution in [3.8, 4) is 11.5 Å². The van der Waals surface area contributed by atoms with E-state index in [2.05, 4.69) is 4.74 Å². The van der Waals surface area contributed by atoms with Crippen LogP contribution in [0.3, 0.4) is 0 Å². The van der Waals surface area contributed by atoms with Crippen LogP contribution >= 0.6 is 0 Å². The van der Waals surface area contributed by atoms with Gasteiger partial charge in [0.05, 0.1) is 12.7 Å². The van der Waals surface area contributed by atoms with Crippen LogP contribution in [-0.2, 0) is 20.9 Å². The predicted molar refractivity (Wildman–Crippen MR) is 83.9 cm³/mol. The molecule has 0 saturated carbocycles. The number of fused-ring (bicyclic) bond motifs is 1. The molecule has 1 aliphatic heterocycles. The molecular formula is C18H16O6. The Kier molecular flexibility index (Phi) is 4.65. The Balaban J connectivity index is 1.55. The highest BCUT2D eigenvalue weighted by molar-refractivity contribution is 5.89. The molecule has 0 amide bonds. The van der Waals surface area contributed by atoms with E-state index in [-0.39, 0.29) is 13.2 Å². The van der Waals surface area contributed by atoms with E-state index in [1.165, 1.54) is 7.11 Å². The van der Waals surface area contributed by atoms with Gasteiger partial charge < -0.3 is 18.9 Å². The highest BCUT2D eigenvalue weighted by atomic mass is 16.6. The Morgan fingerprint density at radius 3 is 2.50 bits per heavy atom. The van der Waals surface area contributed by atoms with Crippen LogP contribution < -0.4 is 9.47 Å². The Bertz CT molecular complexity index is 737. The van der Waals surface area contributed by atoms with Gasteiger partial charge in [-0.1, -0.05) is 24.3 Å². The lowest BCUT2D eigenvalue weighted by Gasteiger charge is -2.24. The van der Waals surface area contributed by atoms with Crippen molar-refractivity contribution in [3.05, 3.63) is 59.7 Å². The van der Waals surface area contributed by atoms with Gasteiger partial charge in [0.15, 0.2) is 11.5 Å². The summed E-state index contributed by atoms with van der Waals surface area (Å²) in [6.45, 7) is 0.193. The second-order valence-corrected chi connectivity index (χ2v) is 5.16. The number of ether oxygens (including phenoxy) is 4. The van der Waals surface area contributed by atoms with Crippen molar-refractivity contribution in [2.24, 2.45) is 0 Å². The van der Waals surface area contributed by atoms with Gasteiger partial charge in [-0.05, 0) is 29.8 Å². The minimum Gasteiger partial charge on any atom is -0.485 e. The number of hydrogen-bond acceptors (Lipinski definition) is 6. The average Bonchev–Trinajstić information content (AvgIpc) is 2.65. The van der Waals surface area contributed by atoms with Gasteiger partial charge in [-0.25, -0.2) is 9.59 Å². The van der Waals surface area contributed by atoms with E-state index in [1.807, 2.05) is 6.07 Å². The molecule has 6 heteroatoms. The van der Waals surface area contributed by atoms with Gasteiger partial charge in [0.25, 0.3) is 0 Å². The van der Waals surface area contributed by atoms with Gasteiger partial charge in [0.2, 0.25) is 6.10 Å². The molecular weight excluding hydrogens is 312 g/mol. The summed E-state index contributed by atoms with van der Waals surface area (Å²) in [5.74, 6) is 0.222. The lowest BCUT2D eigenvalue weighted by Crippen LogP contribution is -2.37. The zero-order valence-electron chi connectivity index (χ0n) is 13.1. The summed E-state index contributed by atoms with van der Waals surface area (Å²) in [5, 5.41) is 0. The van der Waals surface area contributed by atoms with E-state index in [9.17, 15) is 9.59 Å². The summed E-state index contributed by atoms with van der Waals surface area (Å²) >= 11 is 0. The third-order valence-electron chi connectivity index (χ3n) is 3.53. The number of para-hydroxylation sites is 2. The molecule has 24 heavy (non-hydrogen) atoms. The minimum atomic E-state index is -0.797. The molecule has 0 radical (unpaired) electrons. The SMILES string of the molecule is COC(=O)c1ccc(COC(=O)C2COc3ccccc3O2)cc1. The molecule has 0 saturated heterocycles.